The maximum atomic E-state index is 12.2. The molecule has 0 radical (unpaired) electrons. The van der Waals surface area contributed by atoms with Crippen molar-refractivity contribution in [3.8, 4) is 5.75 Å². The molecule has 0 atom stereocenters. The third kappa shape index (κ3) is 4.48. The number of carbonyl (C=O) groups excluding carboxylic acids is 2. The van der Waals surface area contributed by atoms with Crippen molar-refractivity contribution in [3.05, 3.63) is 85.1 Å². The topological polar surface area (TPSA) is 80.3 Å². The summed E-state index contributed by atoms with van der Waals surface area (Å²) in [6.07, 6.45) is 3.47. The number of carbonyl (C=O) groups is 2. The second kappa shape index (κ2) is 9.12. The van der Waals surface area contributed by atoms with E-state index in [1.165, 1.54) is 6.07 Å². The van der Waals surface area contributed by atoms with Gasteiger partial charge in [-0.3, -0.25) is 4.79 Å². The summed E-state index contributed by atoms with van der Waals surface area (Å²) < 4.78 is 2.14. The fraction of sp³-hybridized carbons (Fsp3) is 0. The molecule has 4 nitrogen and oxygen atoms in total. The summed E-state index contributed by atoms with van der Waals surface area (Å²) in [5, 5.41) is 23.9. The lowest BCUT2D eigenvalue weighted by molar-refractivity contribution is -0.271. The van der Waals surface area contributed by atoms with Gasteiger partial charge in [-0.25, -0.2) is 0 Å². The molecule has 0 N–H and O–H groups in total. The number of halogens is 4. The van der Waals surface area contributed by atoms with Crippen LogP contribution in [-0.4, -0.2) is 11.8 Å². The second-order valence-electron chi connectivity index (χ2n) is 5.75. The van der Waals surface area contributed by atoms with Gasteiger partial charge in [0.2, 0.25) is 5.78 Å². The van der Waals surface area contributed by atoms with Gasteiger partial charge in [-0.15, -0.1) is 0 Å². The van der Waals surface area contributed by atoms with Crippen molar-refractivity contribution < 1.29 is 19.8 Å². The first-order valence-electron chi connectivity index (χ1n) is 7.71. The Hall–Kier alpha value is -0.480. The summed E-state index contributed by atoms with van der Waals surface area (Å²) in [4.78, 5) is 23.9. The van der Waals surface area contributed by atoms with E-state index >= 15 is 0 Å². The summed E-state index contributed by atoms with van der Waals surface area (Å²) in [5.41, 5.74) is 2.55. The molecule has 0 saturated carbocycles. The zero-order valence-electron chi connectivity index (χ0n) is 13.8. The smallest absolute Gasteiger partial charge is 0.205 e. The predicted octanol–water partition coefficient (Wildman–Crippen LogP) is 4.36. The van der Waals surface area contributed by atoms with Crippen molar-refractivity contribution >= 4 is 108 Å². The van der Waals surface area contributed by atoms with Gasteiger partial charge in [0.05, 0.1) is 13.1 Å². The number of carboxylic acids is 1. The fourth-order valence-electron chi connectivity index (χ4n) is 2.77. The number of ketones is 1. The maximum absolute atomic E-state index is 12.2. The number of rotatable bonds is 3. The Morgan fingerprint density at radius 1 is 0.857 bits per heavy atom. The Labute approximate surface area is 215 Å². The molecule has 2 aromatic rings. The first-order valence-corrected chi connectivity index (χ1v) is 12.0. The van der Waals surface area contributed by atoms with Crippen LogP contribution in [-0.2, 0) is 4.79 Å². The molecule has 142 valence electrons. The van der Waals surface area contributed by atoms with Crippen molar-refractivity contribution in [1.82, 2.24) is 0 Å². The first kappa shape index (κ1) is 22.2. The van der Waals surface area contributed by atoms with E-state index in [-0.39, 0.29) is 17.1 Å². The number of Topliss-reactive ketones (excluding diaryl/α,β-unsaturated/α-hetero) is 1. The molecule has 0 heterocycles. The summed E-state index contributed by atoms with van der Waals surface area (Å²) in [6.45, 7) is 0. The number of allylic oxidation sites excluding steroid dienone is 5. The lowest BCUT2D eigenvalue weighted by Crippen LogP contribution is -2.23. The Morgan fingerprint density at radius 3 is 1.86 bits per heavy atom. The Balaban J connectivity index is 2.43. The second-order valence-corrected chi connectivity index (χ2v) is 10.4. The highest BCUT2D eigenvalue weighted by Gasteiger charge is 2.21. The van der Waals surface area contributed by atoms with Crippen LogP contribution in [0.1, 0.15) is 21.5 Å². The van der Waals surface area contributed by atoms with E-state index in [4.69, 9.17) is 0 Å². The minimum atomic E-state index is -1.29. The summed E-state index contributed by atoms with van der Waals surface area (Å²) in [7, 11) is 0. The molecule has 0 unspecified atom stereocenters. The lowest BCUT2D eigenvalue weighted by atomic mass is 9.88. The molecule has 3 rings (SSSR count). The molecule has 0 amide bonds. The third-order valence-corrected chi connectivity index (χ3v) is 7.20. The highest BCUT2D eigenvalue weighted by Crippen LogP contribution is 2.38. The van der Waals surface area contributed by atoms with Crippen LogP contribution >= 0.6 is 90.4 Å². The van der Waals surface area contributed by atoms with Crippen LogP contribution in [0, 0.1) is 7.14 Å². The van der Waals surface area contributed by atoms with Gasteiger partial charge in [-0.2, -0.15) is 0 Å². The molecule has 2 aromatic carbocycles. The highest BCUT2D eigenvalue weighted by molar-refractivity contribution is 14.1. The molecule has 0 bridgehead atoms. The molecule has 1 aliphatic rings. The third-order valence-electron chi connectivity index (χ3n) is 3.99. The quantitative estimate of drug-likeness (QED) is 0.432. The molecule has 0 aromatic heterocycles. The first-order chi connectivity index (χ1) is 13.2. The van der Waals surface area contributed by atoms with Crippen LogP contribution < -0.4 is 10.2 Å². The zero-order valence-corrected chi connectivity index (χ0v) is 22.4. The maximum Gasteiger partial charge on any atom is 0.205 e. The van der Waals surface area contributed by atoms with Gasteiger partial charge in [0.1, 0.15) is 0 Å². The fourth-order valence-corrected chi connectivity index (χ4v) is 6.30. The highest BCUT2D eigenvalue weighted by atomic mass is 127. The van der Waals surface area contributed by atoms with Crippen LogP contribution in [0.3, 0.4) is 0 Å². The number of hydrogen-bond acceptors (Lipinski definition) is 4. The predicted molar refractivity (Wildman–Crippen MR) is 137 cm³/mol. The van der Waals surface area contributed by atoms with Gasteiger partial charge in [-0.05, 0) is 137 Å². The summed E-state index contributed by atoms with van der Waals surface area (Å²) >= 11 is 7.90. The average molecular weight is 820 g/mol. The van der Waals surface area contributed by atoms with E-state index in [1.807, 2.05) is 90.4 Å². The normalized spacial score (nSPS) is 13.9. The molecule has 0 fully saturated rings. The Morgan fingerprint density at radius 2 is 1.36 bits per heavy atom. The van der Waals surface area contributed by atoms with E-state index < -0.39 is 5.97 Å². The van der Waals surface area contributed by atoms with Crippen molar-refractivity contribution in [3.63, 3.8) is 0 Å². The molecule has 0 spiro atoms. The number of hydrogen-bond donors (Lipinski definition) is 0. The lowest BCUT2D eigenvalue weighted by Gasteiger charge is -2.21. The minimum absolute atomic E-state index is 0.0462. The number of carboxylic acid groups (broad SMARTS) is 1. The monoisotopic (exact) mass is 820 g/mol. The van der Waals surface area contributed by atoms with E-state index in [9.17, 15) is 19.8 Å². The van der Waals surface area contributed by atoms with E-state index in [0.717, 1.165) is 0 Å². The molecule has 1 aliphatic carbocycles. The summed E-state index contributed by atoms with van der Waals surface area (Å²) in [5.74, 6) is -1.43. The minimum Gasteiger partial charge on any atom is -0.871 e. The van der Waals surface area contributed by atoms with Gasteiger partial charge in [0, 0.05) is 12.7 Å². The molecule has 28 heavy (non-hydrogen) atoms. The van der Waals surface area contributed by atoms with Crippen LogP contribution in [0.15, 0.2) is 61.3 Å². The average Bonchev–Trinajstić information content (AvgIpc) is 2.64. The van der Waals surface area contributed by atoms with Crippen molar-refractivity contribution in [1.29, 1.82) is 0 Å². The standard InChI is InChI=1S/C20H10I4O4/c21-13-5-9(6-14(22)18(13)25)17(10-7-15(23)19(26)16(24)8-10)11-3-1-2-4-12(11)20(27)28/h1-8,25H,(H,27,28)/p-2. The van der Waals surface area contributed by atoms with Gasteiger partial charge in [-0.1, -0.05) is 30.0 Å². The van der Waals surface area contributed by atoms with Crippen LogP contribution in [0.2, 0.25) is 0 Å². The number of benzene rings is 2. The summed E-state index contributed by atoms with van der Waals surface area (Å²) in [6, 6.07) is 10.0. The molecule has 8 heteroatoms. The largest absolute Gasteiger partial charge is 0.871 e. The zero-order chi connectivity index (χ0) is 20.6. The van der Waals surface area contributed by atoms with Gasteiger partial charge >= 0.3 is 0 Å². The van der Waals surface area contributed by atoms with Crippen LogP contribution in [0.25, 0.3) is 5.57 Å². The van der Waals surface area contributed by atoms with Gasteiger partial charge in [0.15, 0.2) is 0 Å². The van der Waals surface area contributed by atoms with E-state index in [0.29, 0.717) is 36.6 Å². The Kier molecular flexibility index (Phi) is 7.23. The Bertz CT molecular complexity index is 1070. The molecular formula is C20H8I4O4-2. The van der Waals surface area contributed by atoms with Crippen molar-refractivity contribution in [2.24, 2.45) is 0 Å². The van der Waals surface area contributed by atoms with Crippen molar-refractivity contribution in [2.45, 2.75) is 0 Å². The van der Waals surface area contributed by atoms with Gasteiger partial charge < -0.3 is 15.0 Å². The molecular weight excluding hydrogens is 812 g/mol. The number of aromatic carboxylic acids is 1. The van der Waals surface area contributed by atoms with E-state index in [1.54, 1.807) is 42.5 Å². The van der Waals surface area contributed by atoms with Crippen LogP contribution in [0.4, 0.5) is 0 Å². The van der Waals surface area contributed by atoms with Crippen molar-refractivity contribution in [2.75, 3.05) is 0 Å². The molecule has 0 saturated heterocycles. The van der Waals surface area contributed by atoms with Crippen LogP contribution in [0.5, 0.6) is 5.75 Å². The van der Waals surface area contributed by atoms with E-state index in [2.05, 4.69) is 0 Å². The SMILES string of the molecule is O=C1C(I)=CC(=C(c2cc(I)c([O-])c(I)c2)c2ccccc2C(=O)[O-])C=C1I. The van der Waals surface area contributed by atoms with Gasteiger partial charge in [0.25, 0.3) is 0 Å². The molecule has 0 aliphatic heterocycles.